The van der Waals surface area contributed by atoms with E-state index in [1.807, 2.05) is 0 Å². The molecule has 0 unspecified atom stereocenters. The number of hydrogen-bond donors (Lipinski definition) is 0. The lowest BCUT2D eigenvalue weighted by Crippen LogP contribution is -1.83. The molecular formula is C6H4N2OS. The van der Waals surface area contributed by atoms with Crippen molar-refractivity contribution in [1.29, 1.82) is 0 Å². The summed E-state index contributed by atoms with van der Waals surface area (Å²) in [5, 5.41) is 1.79. The van der Waals surface area contributed by atoms with E-state index >= 15 is 0 Å². The number of fused-ring (bicyclic) bond motifs is 1. The summed E-state index contributed by atoms with van der Waals surface area (Å²) in [7, 11) is 0. The molecular weight excluding hydrogens is 148 g/mol. The van der Waals surface area contributed by atoms with Crippen molar-refractivity contribution in [3.05, 3.63) is 23.5 Å². The molecule has 0 saturated carbocycles. The second kappa shape index (κ2) is 1.91. The molecule has 3 nitrogen and oxygen atoms in total. The van der Waals surface area contributed by atoms with Crippen LogP contribution in [0.25, 0.3) is 4.96 Å². The summed E-state index contributed by atoms with van der Waals surface area (Å²) in [5.41, 5.74) is 0.664. The summed E-state index contributed by atoms with van der Waals surface area (Å²) in [4.78, 5) is 15.2. The molecule has 0 aliphatic rings. The first-order valence-corrected chi connectivity index (χ1v) is 3.65. The maximum Gasteiger partial charge on any atom is 0.194 e. The van der Waals surface area contributed by atoms with Crippen LogP contribution in [0, 0.1) is 0 Å². The minimum absolute atomic E-state index is 0.664. The van der Waals surface area contributed by atoms with Gasteiger partial charge in [-0.15, -0.1) is 11.3 Å². The average Bonchev–Trinajstić information content (AvgIpc) is 2.44. The topological polar surface area (TPSA) is 34.4 Å². The van der Waals surface area contributed by atoms with Gasteiger partial charge >= 0.3 is 0 Å². The van der Waals surface area contributed by atoms with Crippen molar-refractivity contribution >= 4 is 22.6 Å². The molecule has 0 atom stereocenters. The van der Waals surface area contributed by atoms with Gasteiger partial charge in [-0.1, -0.05) is 0 Å². The van der Waals surface area contributed by atoms with Crippen LogP contribution in [0.5, 0.6) is 0 Å². The molecule has 50 valence electrons. The Kier molecular flexibility index (Phi) is 1.07. The Morgan fingerprint density at radius 2 is 2.60 bits per heavy atom. The van der Waals surface area contributed by atoms with Crippen LogP contribution in [0.4, 0.5) is 0 Å². The van der Waals surface area contributed by atoms with E-state index in [1.165, 1.54) is 11.3 Å². The molecule has 0 bridgehead atoms. The van der Waals surface area contributed by atoms with Gasteiger partial charge in [0.2, 0.25) is 0 Å². The van der Waals surface area contributed by atoms with E-state index in [9.17, 15) is 4.79 Å². The molecule has 2 aromatic rings. The summed E-state index contributed by atoms with van der Waals surface area (Å²) in [6.45, 7) is 0. The number of carbonyl (C=O) groups is 1. The van der Waals surface area contributed by atoms with Gasteiger partial charge in [-0.3, -0.25) is 9.20 Å². The third kappa shape index (κ3) is 0.593. The molecule has 0 amide bonds. The summed E-state index contributed by atoms with van der Waals surface area (Å²) >= 11 is 1.47. The van der Waals surface area contributed by atoms with Crippen molar-refractivity contribution in [2.45, 2.75) is 0 Å². The molecule has 2 rings (SSSR count). The van der Waals surface area contributed by atoms with Crippen LogP contribution in [0.2, 0.25) is 0 Å². The van der Waals surface area contributed by atoms with Crippen LogP contribution >= 0.6 is 11.3 Å². The second-order valence-corrected chi connectivity index (χ2v) is 2.69. The van der Waals surface area contributed by atoms with Crippen LogP contribution in [0.1, 0.15) is 10.5 Å². The van der Waals surface area contributed by atoms with Gasteiger partial charge in [0.1, 0.15) is 0 Å². The lowest BCUT2D eigenvalue weighted by atomic mass is 10.5. The Bertz CT molecular complexity index is 362. The SMILES string of the molecule is O=Cc1csc2nccn12. The van der Waals surface area contributed by atoms with E-state index in [2.05, 4.69) is 4.98 Å². The Hall–Kier alpha value is -1.16. The minimum atomic E-state index is 0.664. The predicted octanol–water partition coefficient (Wildman–Crippen LogP) is 1.21. The third-order valence-corrected chi connectivity index (χ3v) is 2.16. The number of hydrogen-bond acceptors (Lipinski definition) is 3. The molecule has 2 heterocycles. The molecule has 0 spiro atoms. The highest BCUT2D eigenvalue weighted by Crippen LogP contribution is 2.11. The van der Waals surface area contributed by atoms with Gasteiger partial charge < -0.3 is 0 Å². The molecule has 0 radical (unpaired) electrons. The van der Waals surface area contributed by atoms with Gasteiger partial charge in [0, 0.05) is 17.8 Å². The average molecular weight is 152 g/mol. The van der Waals surface area contributed by atoms with E-state index < -0.39 is 0 Å². The molecule has 0 aliphatic heterocycles. The number of aldehydes is 1. The highest BCUT2D eigenvalue weighted by molar-refractivity contribution is 7.15. The van der Waals surface area contributed by atoms with E-state index in [4.69, 9.17) is 0 Å². The predicted molar refractivity (Wildman–Crippen MR) is 38.5 cm³/mol. The largest absolute Gasteiger partial charge is 0.296 e. The molecule has 0 aliphatic carbocycles. The molecule has 0 saturated heterocycles. The van der Waals surface area contributed by atoms with Gasteiger partial charge in [0.15, 0.2) is 11.2 Å². The molecule has 0 fully saturated rings. The monoisotopic (exact) mass is 152 g/mol. The highest BCUT2D eigenvalue weighted by Gasteiger charge is 1.99. The number of aromatic nitrogens is 2. The zero-order valence-electron chi connectivity index (χ0n) is 5.02. The molecule has 2 aromatic heterocycles. The normalized spacial score (nSPS) is 10.4. The third-order valence-electron chi connectivity index (χ3n) is 1.29. The molecule has 0 N–H and O–H groups in total. The van der Waals surface area contributed by atoms with E-state index in [0.29, 0.717) is 5.69 Å². The van der Waals surface area contributed by atoms with Crippen molar-refractivity contribution in [1.82, 2.24) is 9.38 Å². The van der Waals surface area contributed by atoms with Crippen molar-refractivity contribution in [3.63, 3.8) is 0 Å². The fraction of sp³-hybridized carbons (Fsp3) is 0. The van der Waals surface area contributed by atoms with E-state index in [-0.39, 0.29) is 0 Å². The molecule has 10 heavy (non-hydrogen) atoms. The van der Waals surface area contributed by atoms with Gasteiger partial charge in [-0.25, -0.2) is 4.98 Å². The molecule has 0 aromatic carbocycles. The summed E-state index contributed by atoms with van der Waals surface area (Å²) in [5.74, 6) is 0. The Labute approximate surface area is 60.9 Å². The Morgan fingerprint density at radius 1 is 1.70 bits per heavy atom. The number of thiazole rings is 1. The quantitative estimate of drug-likeness (QED) is 0.575. The first-order valence-electron chi connectivity index (χ1n) is 2.77. The summed E-state index contributed by atoms with van der Waals surface area (Å²) in [6.07, 6.45) is 4.28. The van der Waals surface area contributed by atoms with Crippen LogP contribution in [-0.4, -0.2) is 15.7 Å². The van der Waals surface area contributed by atoms with Crippen molar-refractivity contribution in [3.8, 4) is 0 Å². The van der Waals surface area contributed by atoms with E-state index in [1.54, 1.807) is 22.2 Å². The van der Waals surface area contributed by atoms with Gasteiger partial charge in [-0.2, -0.15) is 0 Å². The van der Waals surface area contributed by atoms with Crippen molar-refractivity contribution in [2.24, 2.45) is 0 Å². The van der Waals surface area contributed by atoms with Gasteiger partial charge in [0.05, 0.1) is 5.69 Å². The first-order chi connectivity index (χ1) is 4.92. The summed E-state index contributed by atoms with van der Waals surface area (Å²) in [6, 6.07) is 0. The maximum absolute atomic E-state index is 10.3. The Balaban J connectivity index is 2.88. The Morgan fingerprint density at radius 3 is 3.40 bits per heavy atom. The standard InChI is InChI=1S/C6H4N2OS/c9-3-5-4-10-6-7-1-2-8(5)6/h1-4H. The van der Waals surface area contributed by atoms with Crippen molar-refractivity contribution < 1.29 is 4.79 Å². The van der Waals surface area contributed by atoms with E-state index in [0.717, 1.165) is 11.2 Å². The number of nitrogens with zero attached hydrogens (tertiary/aromatic N) is 2. The van der Waals surface area contributed by atoms with Gasteiger partial charge in [0.25, 0.3) is 0 Å². The van der Waals surface area contributed by atoms with Crippen LogP contribution in [-0.2, 0) is 0 Å². The van der Waals surface area contributed by atoms with Gasteiger partial charge in [-0.05, 0) is 0 Å². The zero-order valence-corrected chi connectivity index (χ0v) is 5.84. The van der Waals surface area contributed by atoms with Crippen LogP contribution < -0.4 is 0 Å². The van der Waals surface area contributed by atoms with Crippen molar-refractivity contribution in [2.75, 3.05) is 0 Å². The lowest BCUT2D eigenvalue weighted by molar-refractivity contribution is 0.111. The first kappa shape index (κ1) is 5.61. The fourth-order valence-corrected chi connectivity index (χ4v) is 1.62. The molecule has 4 heteroatoms. The van der Waals surface area contributed by atoms with Crippen LogP contribution in [0.15, 0.2) is 17.8 Å². The van der Waals surface area contributed by atoms with Crippen LogP contribution in [0.3, 0.4) is 0 Å². The number of carbonyl (C=O) groups excluding carboxylic acids is 1. The highest BCUT2D eigenvalue weighted by atomic mass is 32.1. The number of rotatable bonds is 1. The second-order valence-electron chi connectivity index (χ2n) is 1.86. The summed E-state index contributed by atoms with van der Waals surface area (Å²) < 4.78 is 1.76. The minimum Gasteiger partial charge on any atom is -0.296 e. The fourth-order valence-electron chi connectivity index (χ4n) is 0.828. The number of imidazole rings is 1. The zero-order chi connectivity index (χ0) is 6.97. The maximum atomic E-state index is 10.3. The lowest BCUT2D eigenvalue weighted by Gasteiger charge is -1.81. The smallest absolute Gasteiger partial charge is 0.194 e.